The van der Waals surface area contributed by atoms with E-state index in [4.69, 9.17) is 16.0 Å². The van der Waals surface area contributed by atoms with Crippen LogP contribution in [-0.2, 0) is 0 Å². The van der Waals surface area contributed by atoms with E-state index in [9.17, 15) is 4.79 Å². The lowest BCUT2D eigenvalue weighted by molar-refractivity contribution is 0.102. The third kappa shape index (κ3) is 2.41. The Bertz CT molecular complexity index is 512. The molecule has 0 bridgehead atoms. The molecule has 1 heterocycles. The van der Waals surface area contributed by atoms with Gasteiger partial charge < -0.3 is 4.42 Å². The zero-order valence-corrected chi connectivity index (χ0v) is 9.15. The van der Waals surface area contributed by atoms with E-state index in [0.717, 1.165) is 5.56 Å². The first-order valence-electron chi connectivity index (χ1n) is 4.78. The monoisotopic (exact) mass is 232 g/mol. The van der Waals surface area contributed by atoms with Crippen LogP contribution in [-0.4, -0.2) is 5.78 Å². The van der Waals surface area contributed by atoms with Crippen LogP contribution in [0.3, 0.4) is 0 Å². The van der Waals surface area contributed by atoms with Crippen LogP contribution in [0, 0.1) is 0 Å². The predicted octanol–water partition coefficient (Wildman–Crippen LogP) is 3.83. The van der Waals surface area contributed by atoms with Gasteiger partial charge in [0.1, 0.15) is 0 Å². The molecule has 2 aromatic rings. The minimum absolute atomic E-state index is 0.176. The quantitative estimate of drug-likeness (QED) is 0.595. The van der Waals surface area contributed by atoms with Crippen molar-refractivity contribution >= 4 is 23.5 Å². The summed E-state index contributed by atoms with van der Waals surface area (Å²) in [5.74, 6) is 0.147. The average Bonchev–Trinajstić information content (AvgIpc) is 2.81. The molecule has 0 radical (unpaired) electrons. The molecule has 0 unspecified atom stereocenters. The minimum atomic E-state index is -0.176. The molecule has 0 aliphatic rings. The second-order valence-corrected chi connectivity index (χ2v) is 3.60. The number of halogens is 1. The van der Waals surface area contributed by atoms with Crippen molar-refractivity contribution in [3.63, 3.8) is 0 Å². The zero-order chi connectivity index (χ0) is 11.4. The number of furan rings is 1. The van der Waals surface area contributed by atoms with Gasteiger partial charge in [0.05, 0.1) is 6.26 Å². The number of hydrogen-bond donors (Lipinski definition) is 0. The summed E-state index contributed by atoms with van der Waals surface area (Å²) in [6.07, 6.45) is 4.59. The molecule has 0 saturated carbocycles. The highest BCUT2D eigenvalue weighted by molar-refractivity contribution is 6.32. The van der Waals surface area contributed by atoms with E-state index in [1.807, 2.05) is 18.2 Å². The Morgan fingerprint density at radius 2 is 2.00 bits per heavy atom. The number of carbonyl (C=O) groups excluding carboxylic acids is 1. The van der Waals surface area contributed by atoms with Gasteiger partial charge in [-0.05, 0) is 35.9 Å². The summed E-state index contributed by atoms with van der Waals surface area (Å²) in [5.41, 5.74) is 0.809. The number of ketones is 1. The van der Waals surface area contributed by atoms with Crippen LogP contribution in [0.15, 0.2) is 53.2 Å². The van der Waals surface area contributed by atoms with Gasteiger partial charge in [0.2, 0.25) is 5.78 Å². The number of benzene rings is 1. The minimum Gasteiger partial charge on any atom is -0.461 e. The normalized spacial score (nSPS) is 10.8. The molecule has 0 aliphatic carbocycles. The molecule has 0 aliphatic heterocycles. The SMILES string of the molecule is O=C(/C=C/c1ccccc1Cl)c1ccco1. The predicted molar refractivity (Wildman–Crippen MR) is 63.5 cm³/mol. The summed E-state index contributed by atoms with van der Waals surface area (Å²) in [6, 6.07) is 10.6. The standard InChI is InChI=1S/C13H9ClO2/c14-11-5-2-1-4-10(11)7-8-12(15)13-6-3-9-16-13/h1-9H/b8-7+. The maximum absolute atomic E-state index is 11.6. The number of hydrogen-bond acceptors (Lipinski definition) is 2. The Balaban J connectivity index is 2.16. The fourth-order valence-corrected chi connectivity index (χ4v) is 1.48. The van der Waals surface area contributed by atoms with Gasteiger partial charge >= 0.3 is 0 Å². The first kappa shape index (κ1) is 10.7. The molecule has 3 heteroatoms. The number of allylic oxidation sites excluding steroid dienone is 1. The highest BCUT2D eigenvalue weighted by Gasteiger charge is 2.03. The fraction of sp³-hybridized carbons (Fsp3) is 0. The molecule has 0 amide bonds. The molecule has 0 saturated heterocycles. The molecule has 80 valence electrons. The van der Waals surface area contributed by atoms with Gasteiger partial charge in [-0.25, -0.2) is 0 Å². The summed E-state index contributed by atoms with van der Waals surface area (Å²) in [6.45, 7) is 0. The Hall–Kier alpha value is -1.80. The van der Waals surface area contributed by atoms with Crippen molar-refractivity contribution in [1.29, 1.82) is 0 Å². The summed E-state index contributed by atoms with van der Waals surface area (Å²) in [4.78, 5) is 11.6. The largest absolute Gasteiger partial charge is 0.461 e. The summed E-state index contributed by atoms with van der Waals surface area (Å²) < 4.78 is 4.98. The number of rotatable bonds is 3. The Morgan fingerprint density at radius 3 is 2.69 bits per heavy atom. The molecule has 0 spiro atoms. The van der Waals surface area contributed by atoms with Gasteiger partial charge in [-0.3, -0.25) is 4.79 Å². The average molecular weight is 233 g/mol. The first-order valence-corrected chi connectivity index (χ1v) is 5.15. The molecule has 2 rings (SSSR count). The van der Waals surface area contributed by atoms with Crippen molar-refractivity contribution in [1.82, 2.24) is 0 Å². The van der Waals surface area contributed by atoms with Crippen LogP contribution in [0.4, 0.5) is 0 Å². The highest BCUT2D eigenvalue weighted by atomic mass is 35.5. The van der Waals surface area contributed by atoms with Crippen molar-refractivity contribution in [2.75, 3.05) is 0 Å². The van der Waals surface area contributed by atoms with Crippen molar-refractivity contribution in [2.24, 2.45) is 0 Å². The molecule has 2 nitrogen and oxygen atoms in total. The maximum atomic E-state index is 11.6. The van der Waals surface area contributed by atoms with Gasteiger partial charge in [0.15, 0.2) is 5.76 Å². The van der Waals surface area contributed by atoms with Gasteiger partial charge in [0.25, 0.3) is 0 Å². The van der Waals surface area contributed by atoms with Crippen LogP contribution in [0.5, 0.6) is 0 Å². The Labute approximate surface area is 98.2 Å². The molecular weight excluding hydrogens is 224 g/mol. The summed E-state index contributed by atoms with van der Waals surface area (Å²) >= 11 is 5.95. The Kier molecular flexibility index (Phi) is 3.22. The van der Waals surface area contributed by atoms with Gasteiger partial charge in [0, 0.05) is 5.02 Å². The van der Waals surface area contributed by atoms with Gasteiger partial charge in [-0.1, -0.05) is 29.8 Å². The third-order valence-corrected chi connectivity index (χ3v) is 2.43. The van der Waals surface area contributed by atoms with E-state index in [2.05, 4.69) is 0 Å². The van der Waals surface area contributed by atoms with Gasteiger partial charge in [-0.15, -0.1) is 0 Å². The van der Waals surface area contributed by atoms with E-state index >= 15 is 0 Å². The van der Waals surface area contributed by atoms with Crippen molar-refractivity contribution in [2.45, 2.75) is 0 Å². The van der Waals surface area contributed by atoms with Crippen LogP contribution >= 0.6 is 11.6 Å². The maximum Gasteiger partial charge on any atom is 0.221 e. The smallest absolute Gasteiger partial charge is 0.221 e. The van der Waals surface area contributed by atoms with E-state index in [1.54, 1.807) is 24.3 Å². The van der Waals surface area contributed by atoms with Gasteiger partial charge in [-0.2, -0.15) is 0 Å². The van der Waals surface area contributed by atoms with E-state index in [-0.39, 0.29) is 5.78 Å². The molecule has 1 aromatic heterocycles. The van der Waals surface area contributed by atoms with Crippen molar-refractivity contribution in [3.05, 3.63) is 65.1 Å². The first-order chi connectivity index (χ1) is 7.77. The summed E-state index contributed by atoms with van der Waals surface area (Å²) in [7, 11) is 0. The fourth-order valence-electron chi connectivity index (χ4n) is 1.28. The molecule has 0 atom stereocenters. The lowest BCUT2D eigenvalue weighted by Crippen LogP contribution is -1.90. The topological polar surface area (TPSA) is 30.2 Å². The molecule has 0 fully saturated rings. The lowest BCUT2D eigenvalue weighted by atomic mass is 10.2. The second kappa shape index (κ2) is 4.81. The zero-order valence-electron chi connectivity index (χ0n) is 8.39. The van der Waals surface area contributed by atoms with E-state index < -0.39 is 0 Å². The molecule has 16 heavy (non-hydrogen) atoms. The van der Waals surface area contributed by atoms with Crippen LogP contribution in [0.2, 0.25) is 5.02 Å². The van der Waals surface area contributed by atoms with Crippen molar-refractivity contribution in [3.8, 4) is 0 Å². The third-order valence-electron chi connectivity index (χ3n) is 2.08. The highest BCUT2D eigenvalue weighted by Crippen LogP contribution is 2.16. The van der Waals surface area contributed by atoms with Crippen LogP contribution in [0.1, 0.15) is 16.1 Å². The second-order valence-electron chi connectivity index (χ2n) is 3.20. The Morgan fingerprint density at radius 1 is 1.19 bits per heavy atom. The number of carbonyl (C=O) groups is 1. The van der Waals surface area contributed by atoms with E-state index in [0.29, 0.717) is 10.8 Å². The lowest BCUT2D eigenvalue weighted by Gasteiger charge is -1.95. The van der Waals surface area contributed by atoms with Crippen molar-refractivity contribution < 1.29 is 9.21 Å². The van der Waals surface area contributed by atoms with E-state index in [1.165, 1.54) is 12.3 Å². The summed E-state index contributed by atoms with van der Waals surface area (Å²) in [5, 5.41) is 0.617. The molecule has 0 N–H and O–H groups in total. The molecule has 1 aromatic carbocycles. The van der Waals surface area contributed by atoms with Crippen LogP contribution in [0.25, 0.3) is 6.08 Å². The van der Waals surface area contributed by atoms with Crippen LogP contribution < -0.4 is 0 Å². The molecular formula is C13H9ClO2.